The van der Waals surface area contributed by atoms with Gasteiger partial charge in [-0.05, 0) is 17.7 Å². The summed E-state index contributed by atoms with van der Waals surface area (Å²) >= 11 is 0. The molecule has 1 fully saturated rings. The van der Waals surface area contributed by atoms with E-state index in [4.69, 9.17) is 4.74 Å². The molecule has 2 aromatic rings. The number of carbonyl (C=O) groups excluding carboxylic acids is 2. The summed E-state index contributed by atoms with van der Waals surface area (Å²) in [6.45, 7) is 3.92. The van der Waals surface area contributed by atoms with Crippen LogP contribution in [0.2, 0.25) is 0 Å². The molecule has 0 aliphatic carbocycles. The molecule has 6 nitrogen and oxygen atoms in total. The first-order chi connectivity index (χ1) is 13.2. The molecule has 140 valence electrons. The zero-order chi connectivity index (χ0) is 18.6. The van der Waals surface area contributed by atoms with E-state index in [0.29, 0.717) is 24.5 Å². The molecule has 1 atom stereocenters. The largest absolute Gasteiger partial charge is 0.478 e. The lowest BCUT2D eigenvalue weighted by molar-refractivity contribution is -0.138. The Hall–Kier alpha value is -2.86. The highest BCUT2D eigenvalue weighted by Crippen LogP contribution is 2.29. The van der Waals surface area contributed by atoms with Crippen molar-refractivity contribution in [3.8, 4) is 5.75 Å². The highest BCUT2D eigenvalue weighted by molar-refractivity contribution is 5.99. The number of nitrogens with zero attached hydrogens (tertiary/aromatic N) is 2. The van der Waals surface area contributed by atoms with Gasteiger partial charge in [0.15, 0.2) is 6.10 Å². The molecule has 2 amide bonds. The van der Waals surface area contributed by atoms with E-state index in [2.05, 4.69) is 22.3 Å². The number of carbonyl (C=O) groups is 2. The average molecular weight is 365 g/mol. The van der Waals surface area contributed by atoms with Gasteiger partial charge in [-0.1, -0.05) is 42.5 Å². The van der Waals surface area contributed by atoms with E-state index in [-0.39, 0.29) is 18.2 Å². The second kappa shape index (κ2) is 7.80. The summed E-state index contributed by atoms with van der Waals surface area (Å²) < 4.78 is 5.74. The van der Waals surface area contributed by atoms with E-state index in [1.54, 1.807) is 12.1 Å². The average Bonchev–Trinajstić information content (AvgIpc) is 2.70. The maximum absolute atomic E-state index is 12.6. The second-order valence-electron chi connectivity index (χ2n) is 6.94. The minimum atomic E-state index is -0.769. The van der Waals surface area contributed by atoms with Crippen molar-refractivity contribution in [3.05, 3.63) is 60.2 Å². The SMILES string of the molecule is O=C1Nc2ccccc2OC1CC(=O)N1CCN(Cc2ccccc2)CC1. The standard InChI is InChI=1S/C21H23N3O3/c25-20(14-19-21(26)22-17-8-4-5-9-18(17)27-19)24-12-10-23(11-13-24)15-16-6-2-1-3-7-16/h1-9,19H,10-15H2,(H,22,26). The Bertz CT molecular complexity index is 816. The fraction of sp³-hybridized carbons (Fsp3) is 0.333. The van der Waals surface area contributed by atoms with Crippen LogP contribution in [0.15, 0.2) is 54.6 Å². The van der Waals surface area contributed by atoms with Crippen LogP contribution in [0.4, 0.5) is 5.69 Å². The number of nitrogens with one attached hydrogen (secondary N) is 1. The van der Waals surface area contributed by atoms with Crippen LogP contribution in [-0.4, -0.2) is 53.9 Å². The topological polar surface area (TPSA) is 61.9 Å². The molecule has 6 heteroatoms. The minimum Gasteiger partial charge on any atom is -0.478 e. The lowest BCUT2D eigenvalue weighted by Crippen LogP contribution is -2.50. The number of anilines is 1. The number of amides is 2. The molecule has 0 spiro atoms. The van der Waals surface area contributed by atoms with Crippen LogP contribution in [0.25, 0.3) is 0 Å². The molecule has 2 heterocycles. The molecule has 1 unspecified atom stereocenters. The molecule has 1 N–H and O–H groups in total. The molecule has 2 aromatic carbocycles. The van der Waals surface area contributed by atoms with E-state index >= 15 is 0 Å². The van der Waals surface area contributed by atoms with Crippen LogP contribution in [0.5, 0.6) is 5.75 Å². The zero-order valence-electron chi connectivity index (χ0n) is 15.1. The van der Waals surface area contributed by atoms with Gasteiger partial charge >= 0.3 is 0 Å². The van der Waals surface area contributed by atoms with Gasteiger partial charge in [-0.3, -0.25) is 14.5 Å². The highest BCUT2D eigenvalue weighted by Gasteiger charge is 2.32. The Morgan fingerprint density at radius 3 is 2.48 bits per heavy atom. The highest BCUT2D eigenvalue weighted by atomic mass is 16.5. The van der Waals surface area contributed by atoms with Crippen LogP contribution in [-0.2, 0) is 16.1 Å². The number of rotatable bonds is 4. The Morgan fingerprint density at radius 1 is 1.00 bits per heavy atom. The summed E-state index contributed by atoms with van der Waals surface area (Å²) in [4.78, 5) is 29.0. The number of benzene rings is 2. The maximum atomic E-state index is 12.6. The summed E-state index contributed by atoms with van der Waals surface area (Å²) in [5.74, 6) is 0.321. The first kappa shape index (κ1) is 17.5. The van der Waals surface area contributed by atoms with Crippen molar-refractivity contribution in [3.63, 3.8) is 0 Å². The van der Waals surface area contributed by atoms with Gasteiger partial charge in [-0.15, -0.1) is 0 Å². The molecule has 4 rings (SSSR count). The van der Waals surface area contributed by atoms with Crippen molar-refractivity contribution >= 4 is 17.5 Å². The molecule has 2 aliphatic rings. The van der Waals surface area contributed by atoms with E-state index in [1.807, 2.05) is 35.2 Å². The molecule has 0 aromatic heterocycles. The third-order valence-corrected chi connectivity index (χ3v) is 5.04. The Morgan fingerprint density at radius 2 is 1.70 bits per heavy atom. The monoisotopic (exact) mass is 365 g/mol. The van der Waals surface area contributed by atoms with Crippen LogP contribution in [0.1, 0.15) is 12.0 Å². The first-order valence-electron chi connectivity index (χ1n) is 9.29. The van der Waals surface area contributed by atoms with E-state index in [1.165, 1.54) is 5.56 Å². The van der Waals surface area contributed by atoms with Gasteiger partial charge in [0.2, 0.25) is 5.91 Å². The summed E-state index contributed by atoms with van der Waals surface area (Å²) in [5.41, 5.74) is 1.93. The van der Waals surface area contributed by atoms with Crippen molar-refractivity contribution in [1.82, 2.24) is 9.80 Å². The van der Waals surface area contributed by atoms with Crippen LogP contribution < -0.4 is 10.1 Å². The predicted molar refractivity (Wildman–Crippen MR) is 102 cm³/mol. The van der Waals surface area contributed by atoms with Crippen LogP contribution >= 0.6 is 0 Å². The second-order valence-corrected chi connectivity index (χ2v) is 6.94. The van der Waals surface area contributed by atoms with Crippen molar-refractivity contribution in [2.24, 2.45) is 0 Å². The molecular formula is C21H23N3O3. The molecular weight excluding hydrogens is 342 g/mol. The minimum absolute atomic E-state index is 0.0334. The van der Waals surface area contributed by atoms with Crippen LogP contribution in [0, 0.1) is 0 Å². The van der Waals surface area contributed by atoms with Crippen molar-refractivity contribution in [1.29, 1.82) is 0 Å². The van der Waals surface area contributed by atoms with Crippen molar-refractivity contribution < 1.29 is 14.3 Å². The lowest BCUT2D eigenvalue weighted by Gasteiger charge is -2.35. The predicted octanol–water partition coefficient (Wildman–Crippen LogP) is 2.12. The van der Waals surface area contributed by atoms with Crippen LogP contribution in [0.3, 0.4) is 0 Å². The summed E-state index contributed by atoms with van der Waals surface area (Å²) in [6.07, 6.45) is -0.700. The summed E-state index contributed by atoms with van der Waals surface area (Å²) in [7, 11) is 0. The fourth-order valence-corrected chi connectivity index (χ4v) is 3.51. The van der Waals surface area contributed by atoms with Gasteiger partial charge in [0.05, 0.1) is 12.1 Å². The first-order valence-corrected chi connectivity index (χ1v) is 9.29. The molecule has 0 bridgehead atoms. The number of hydrogen-bond acceptors (Lipinski definition) is 4. The van der Waals surface area contributed by atoms with Gasteiger partial charge in [-0.25, -0.2) is 0 Å². The summed E-state index contributed by atoms with van der Waals surface area (Å²) in [5, 5.41) is 2.81. The molecule has 0 radical (unpaired) electrons. The van der Waals surface area contributed by atoms with Gasteiger partial charge in [0.25, 0.3) is 5.91 Å². The Balaban J connectivity index is 1.29. The maximum Gasteiger partial charge on any atom is 0.266 e. The number of piperazine rings is 1. The van der Waals surface area contributed by atoms with Crippen molar-refractivity contribution in [2.75, 3.05) is 31.5 Å². The quantitative estimate of drug-likeness (QED) is 0.902. The third-order valence-electron chi connectivity index (χ3n) is 5.04. The van der Waals surface area contributed by atoms with Crippen molar-refractivity contribution in [2.45, 2.75) is 19.1 Å². The lowest BCUT2D eigenvalue weighted by atomic mass is 10.1. The third kappa shape index (κ3) is 4.11. The van der Waals surface area contributed by atoms with E-state index in [0.717, 1.165) is 19.6 Å². The fourth-order valence-electron chi connectivity index (χ4n) is 3.51. The molecule has 1 saturated heterocycles. The normalized spacial score (nSPS) is 19.8. The van der Waals surface area contributed by atoms with E-state index < -0.39 is 6.10 Å². The Labute approximate surface area is 158 Å². The number of fused-ring (bicyclic) bond motifs is 1. The van der Waals surface area contributed by atoms with Gasteiger partial charge < -0.3 is 15.0 Å². The molecule has 2 aliphatic heterocycles. The Kier molecular flexibility index (Phi) is 5.07. The number of para-hydroxylation sites is 2. The van der Waals surface area contributed by atoms with E-state index in [9.17, 15) is 9.59 Å². The van der Waals surface area contributed by atoms with Gasteiger partial charge in [-0.2, -0.15) is 0 Å². The smallest absolute Gasteiger partial charge is 0.266 e. The molecule has 0 saturated carbocycles. The summed E-state index contributed by atoms with van der Waals surface area (Å²) in [6, 6.07) is 17.6. The van der Waals surface area contributed by atoms with Gasteiger partial charge in [0.1, 0.15) is 5.75 Å². The number of ether oxygens (including phenoxy) is 1. The zero-order valence-corrected chi connectivity index (χ0v) is 15.1. The van der Waals surface area contributed by atoms with Gasteiger partial charge in [0, 0.05) is 32.7 Å². The molecule has 27 heavy (non-hydrogen) atoms. The number of hydrogen-bond donors (Lipinski definition) is 1.